The van der Waals surface area contributed by atoms with Gasteiger partial charge in [0.15, 0.2) is 11.6 Å². The number of likely N-dealkylation sites (N-methyl/N-ethyl adjacent to an activating group) is 1. The van der Waals surface area contributed by atoms with E-state index in [-0.39, 0.29) is 11.6 Å². The Morgan fingerprint density at radius 2 is 2.22 bits per heavy atom. The highest BCUT2D eigenvalue weighted by Crippen LogP contribution is 2.18. The van der Waals surface area contributed by atoms with Crippen LogP contribution in [-0.4, -0.2) is 43.4 Å². The highest BCUT2D eigenvalue weighted by Gasteiger charge is 2.09. The molecule has 0 heterocycles. The van der Waals surface area contributed by atoms with E-state index in [9.17, 15) is 9.50 Å². The maximum Gasteiger partial charge on any atom is 0.165 e. The highest BCUT2D eigenvalue weighted by molar-refractivity contribution is 5.29. The number of methoxy groups -OCH3 is 1. The number of aliphatic hydroxyl groups is 1. The molecule has 0 saturated heterocycles. The molecule has 0 radical (unpaired) electrons. The minimum Gasteiger partial charge on any atom is -0.494 e. The Morgan fingerprint density at radius 1 is 1.50 bits per heavy atom. The Balaban J connectivity index is 2.54. The average molecular weight is 256 g/mol. The number of nitrogens with two attached hydrogens (primary N) is 1. The number of halogens is 1. The third kappa shape index (κ3) is 4.60. The van der Waals surface area contributed by atoms with E-state index >= 15 is 0 Å². The number of hydrogen-bond acceptors (Lipinski definition) is 4. The smallest absolute Gasteiger partial charge is 0.165 e. The van der Waals surface area contributed by atoms with Gasteiger partial charge in [0.05, 0.1) is 13.2 Å². The van der Waals surface area contributed by atoms with E-state index in [1.54, 1.807) is 6.07 Å². The van der Waals surface area contributed by atoms with Crippen molar-refractivity contribution < 1.29 is 14.2 Å². The average Bonchev–Trinajstić information content (AvgIpc) is 2.29. The summed E-state index contributed by atoms with van der Waals surface area (Å²) in [4.78, 5) is 1.93. The van der Waals surface area contributed by atoms with Gasteiger partial charge in [0, 0.05) is 13.1 Å². The largest absolute Gasteiger partial charge is 0.494 e. The van der Waals surface area contributed by atoms with E-state index in [0.29, 0.717) is 26.1 Å². The van der Waals surface area contributed by atoms with Crippen LogP contribution >= 0.6 is 0 Å². The first-order valence-corrected chi connectivity index (χ1v) is 5.96. The second-order valence-corrected chi connectivity index (χ2v) is 4.40. The molecule has 0 amide bonds. The second-order valence-electron chi connectivity index (χ2n) is 4.40. The van der Waals surface area contributed by atoms with Gasteiger partial charge in [-0.3, -0.25) is 4.90 Å². The molecule has 1 unspecified atom stereocenters. The topological polar surface area (TPSA) is 58.7 Å². The minimum absolute atomic E-state index is 0.240. The summed E-state index contributed by atoms with van der Waals surface area (Å²) in [5.74, 6) is -0.129. The molecule has 102 valence electrons. The van der Waals surface area contributed by atoms with Gasteiger partial charge in [-0.2, -0.15) is 0 Å². The van der Waals surface area contributed by atoms with Gasteiger partial charge in [-0.1, -0.05) is 6.07 Å². The first-order chi connectivity index (χ1) is 8.56. The van der Waals surface area contributed by atoms with Gasteiger partial charge in [-0.25, -0.2) is 4.39 Å². The Hall–Kier alpha value is -1.17. The van der Waals surface area contributed by atoms with Crippen LogP contribution in [0.2, 0.25) is 0 Å². The van der Waals surface area contributed by atoms with Crippen LogP contribution in [0.1, 0.15) is 12.0 Å². The standard InChI is InChI=1S/C13H21FN2O2/c1-16(9-11(17)5-6-15)8-10-3-4-13(18-2)12(14)7-10/h3-4,7,11,17H,5-6,8-9,15H2,1-2H3. The molecule has 0 aliphatic carbocycles. The van der Waals surface area contributed by atoms with Crippen LogP contribution in [0.3, 0.4) is 0 Å². The predicted molar refractivity (Wildman–Crippen MR) is 69.0 cm³/mol. The van der Waals surface area contributed by atoms with Crippen molar-refractivity contribution in [2.75, 3.05) is 27.2 Å². The monoisotopic (exact) mass is 256 g/mol. The molecule has 1 rings (SSSR count). The van der Waals surface area contributed by atoms with Gasteiger partial charge < -0.3 is 15.6 Å². The fourth-order valence-electron chi connectivity index (χ4n) is 1.83. The zero-order valence-corrected chi connectivity index (χ0v) is 10.9. The van der Waals surface area contributed by atoms with Gasteiger partial charge in [-0.15, -0.1) is 0 Å². The van der Waals surface area contributed by atoms with Crippen molar-refractivity contribution in [1.29, 1.82) is 0 Å². The summed E-state index contributed by atoms with van der Waals surface area (Å²) in [6.45, 7) is 1.56. The number of ether oxygens (including phenoxy) is 1. The Kier molecular flexibility index (Phi) is 6.04. The van der Waals surface area contributed by atoms with Crippen LogP contribution in [0, 0.1) is 5.82 Å². The van der Waals surface area contributed by atoms with Crippen molar-refractivity contribution >= 4 is 0 Å². The molecule has 0 aliphatic rings. The predicted octanol–water partition coefficient (Wildman–Crippen LogP) is 0.976. The SMILES string of the molecule is COc1ccc(CN(C)CC(O)CCN)cc1F. The first-order valence-electron chi connectivity index (χ1n) is 5.96. The van der Waals surface area contributed by atoms with Crippen molar-refractivity contribution in [3.05, 3.63) is 29.6 Å². The third-order valence-corrected chi connectivity index (χ3v) is 2.69. The van der Waals surface area contributed by atoms with Gasteiger partial charge in [-0.05, 0) is 37.7 Å². The third-order valence-electron chi connectivity index (χ3n) is 2.69. The van der Waals surface area contributed by atoms with Crippen LogP contribution in [0.5, 0.6) is 5.75 Å². The molecular weight excluding hydrogens is 235 g/mol. The molecule has 0 aliphatic heterocycles. The lowest BCUT2D eigenvalue weighted by Crippen LogP contribution is -2.30. The van der Waals surface area contributed by atoms with Crippen molar-refractivity contribution in [1.82, 2.24) is 4.90 Å². The second kappa shape index (κ2) is 7.31. The fourth-order valence-corrected chi connectivity index (χ4v) is 1.83. The summed E-state index contributed by atoms with van der Waals surface area (Å²) in [6, 6.07) is 4.87. The molecule has 1 atom stereocenters. The molecule has 1 aromatic carbocycles. The van der Waals surface area contributed by atoms with E-state index < -0.39 is 6.10 Å². The first kappa shape index (κ1) is 14.9. The van der Waals surface area contributed by atoms with E-state index in [2.05, 4.69) is 0 Å². The number of nitrogens with zero attached hydrogens (tertiary/aromatic N) is 1. The molecule has 0 saturated carbocycles. The maximum absolute atomic E-state index is 13.5. The maximum atomic E-state index is 13.5. The fraction of sp³-hybridized carbons (Fsp3) is 0.538. The van der Waals surface area contributed by atoms with Crippen LogP contribution < -0.4 is 10.5 Å². The van der Waals surface area contributed by atoms with E-state index in [0.717, 1.165) is 5.56 Å². The zero-order valence-electron chi connectivity index (χ0n) is 10.9. The summed E-state index contributed by atoms with van der Waals surface area (Å²) in [6.07, 6.45) is 0.129. The lowest BCUT2D eigenvalue weighted by Gasteiger charge is -2.20. The van der Waals surface area contributed by atoms with Crippen molar-refractivity contribution in [2.24, 2.45) is 5.73 Å². The quantitative estimate of drug-likeness (QED) is 0.763. The summed E-state index contributed by atoms with van der Waals surface area (Å²) in [7, 11) is 3.31. The summed E-state index contributed by atoms with van der Waals surface area (Å²) in [5, 5.41) is 9.62. The van der Waals surface area contributed by atoms with E-state index in [1.807, 2.05) is 18.0 Å². The molecule has 1 aromatic rings. The van der Waals surface area contributed by atoms with Gasteiger partial charge in [0.25, 0.3) is 0 Å². The molecule has 18 heavy (non-hydrogen) atoms. The molecule has 5 heteroatoms. The summed E-state index contributed by atoms with van der Waals surface area (Å²) < 4.78 is 18.3. The highest BCUT2D eigenvalue weighted by atomic mass is 19.1. The molecule has 0 bridgehead atoms. The minimum atomic E-state index is -0.442. The van der Waals surface area contributed by atoms with Gasteiger partial charge in [0.1, 0.15) is 0 Å². The number of hydrogen-bond donors (Lipinski definition) is 2. The zero-order chi connectivity index (χ0) is 13.5. The van der Waals surface area contributed by atoms with Crippen LogP contribution in [0.15, 0.2) is 18.2 Å². The number of rotatable bonds is 7. The summed E-state index contributed by atoms with van der Waals surface area (Å²) >= 11 is 0. The molecular formula is C13H21FN2O2. The molecule has 4 nitrogen and oxygen atoms in total. The van der Waals surface area contributed by atoms with Crippen molar-refractivity contribution in [2.45, 2.75) is 19.1 Å². The van der Waals surface area contributed by atoms with Crippen molar-refractivity contribution in [3.63, 3.8) is 0 Å². The van der Waals surface area contributed by atoms with E-state index in [1.165, 1.54) is 13.2 Å². The Labute approximate surface area is 107 Å². The lowest BCUT2D eigenvalue weighted by molar-refractivity contribution is 0.117. The molecule has 3 N–H and O–H groups in total. The normalized spacial score (nSPS) is 12.8. The Morgan fingerprint density at radius 3 is 2.78 bits per heavy atom. The molecule has 0 aromatic heterocycles. The van der Waals surface area contributed by atoms with Gasteiger partial charge in [0.2, 0.25) is 0 Å². The van der Waals surface area contributed by atoms with E-state index in [4.69, 9.17) is 10.5 Å². The van der Waals surface area contributed by atoms with Crippen molar-refractivity contribution in [3.8, 4) is 5.75 Å². The van der Waals surface area contributed by atoms with Crippen LogP contribution in [0.25, 0.3) is 0 Å². The summed E-state index contributed by atoms with van der Waals surface area (Å²) in [5.41, 5.74) is 6.21. The number of benzene rings is 1. The molecule has 0 spiro atoms. The Bertz CT molecular complexity index is 374. The molecule has 0 fully saturated rings. The van der Waals surface area contributed by atoms with Gasteiger partial charge >= 0.3 is 0 Å². The lowest BCUT2D eigenvalue weighted by atomic mass is 10.2. The van der Waals surface area contributed by atoms with Crippen LogP contribution in [0.4, 0.5) is 4.39 Å². The number of aliphatic hydroxyl groups excluding tert-OH is 1. The van der Waals surface area contributed by atoms with Crippen LogP contribution in [-0.2, 0) is 6.54 Å².